The van der Waals surface area contributed by atoms with Crippen LogP contribution in [-0.4, -0.2) is 26.7 Å². The highest BCUT2D eigenvalue weighted by atomic mass is 32.2. The van der Waals surface area contributed by atoms with Crippen LogP contribution in [0.15, 0.2) is 34.7 Å². The molecule has 4 nitrogen and oxygen atoms in total. The number of aryl methyl sites for hydroxylation is 1. The summed E-state index contributed by atoms with van der Waals surface area (Å²) in [4.78, 5) is 4.36. The molecule has 1 aromatic carbocycles. The first kappa shape index (κ1) is 13.0. The molecule has 0 amide bonds. The summed E-state index contributed by atoms with van der Waals surface area (Å²) in [5, 5.41) is 8.73. The Bertz CT molecular complexity index is 536. The molecular formula is C13H15NO3S. The number of aromatic nitrogens is 1. The standard InChI is InChI=1S/C13H15NO3S/c1-10-12(9-18(16)8-7-15)14-13(17-10)11-5-3-2-4-6-11/h2-6,15H,7-9H2,1H3. The van der Waals surface area contributed by atoms with Gasteiger partial charge in [0.15, 0.2) is 0 Å². The predicted octanol–water partition coefficient (Wildman–Crippen LogP) is 1.89. The normalized spacial score (nSPS) is 12.6. The smallest absolute Gasteiger partial charge is 0.226 e. The van der Waals surface area contributed by atoms with E-state index in [0.717, 1.165) is 5.56 Å². The summed E-state index contributed by atoms with van der Waals surface area (Å²) in [7, 11) is -1.10. The van der Waals surface area contributed by atoms with Crippen molar-refractivity contribution in [2.45, 2.75) is 12.7 Å². The predicted molar refractivity (Wildman–Crippen MR) is 70.5 cm³/mol. The van der Waals surface area contributed by atoms with Gasteiger partial charge in [0, 0.05) is 22.1 Å². The fraction of sp³-hybridized carbons (Fsp3) is 0.308. The molecule has 18 heavy (non-hydrogen) atoms. The first-order valence-corrected chi connectivity index (χ1v) is 7.17. The lowest BCUT2D eigenvalue weighted by atomic mass is 10.2. The molecule has 0 radical (unpaired) electrons. The summed E-state index contributed by atoms with van der Waals surface area (Å²) < 4.78 is 17.2. The third kappa shape index (κ3) is 3.05. The summed E-state index contributed by atoms with van der Waals surface area (Å²) in [6.07, 6.45) is 0. The SMILES string of the molecule is Cc1oc(-c2ccccc2)nc1CS(=O)CCO. The zero-order chi connectivity index (χ0) is 13.0. The maximum atomic E-state index is 11.6. The molecule has 2 aromatic rings. The van der Waals surface area contributed by atoms with Crippen LogP contribution in [0, 0.1) is 6.92 Å². The van der Waals surface area contributed by atoms with Gasteiger partial charge in [0.2, 0.25) is 5.89 Å². The van der Waals surface area contributed by atoms with Crippen molar-refractivity contribution in [3.05, 3.63) is 41.8 Å². The van der Waals surface area contributed by atoms with E-state index in [2.05, 4.69) is 4.98 Å². The van der Waals surface area contributed by atoms with Gasteiger partial charge in [-0.15, -0.1) is 0 Å². The fourth-order valence-electron chi connectivity index (χ4n) is 1.59. The second-order valence-electron chi connectivity index (χ2n) is 3.90. The topological polar surface area (TPSA) is 63.3 Å². The van der Waals surface area contributed by atoms with E-state index in [1.807, 2.05) is 37.3 Å². The van der Waals surface area contributed by atoms with Crippen molar-refractivity contribution in [1.82, 2.24) is 4.98 Å². The van der Waals surface area contributed by atoms with Crippen molar-refractivity contribution < 1.29 is 13.7 Å². The van der Waals surface area contributed by atoms with Gasteiger partial charge >= 0.3 is 0 Å². The van der Waals surface area contributed by atoms with E-state index < -0.39 is 10.8 Å². The third-order valence-electron chi connectivity index (χ3n) is 2.53. The minimum Gasteiger partial charge on any atom is -0.441 e. The van der Waals surface area contributed by atoms with Crippen molar-refractivity contribution in [2.24, 2.45) is 0 Å². The van der Waals surface area contributed by atoms with Crippen molar-refractivity contribution in [1.29, 1.82) is 0 Å². The number of oxazole rings is 1. The minimum atomic E-state index is -1.10. The molecule has 1 N–H and O–H groups in total. The van der Waals surface area contributed by atoms with Gasteiger partial charge in [-0.2, -0.15) is 0 Å². The van der Waals surface area contributed by atoms with Crippen molar-refractivity contribution in [2.75, 3.05) is 12.4 Å². The van der Waals surface area contributed by atoms with E-state index in [0.29, 0.717) is 23.1 Å². The Morgan fingerprint density at radius 3 is 2.72 bits per heavy atom. The Balaban J connectivity index is 2.20. The van der Waals surface area contributed by atoms with Gasteiger partial charge in [0.05, 0.1) is 18.1 Å². The Hall–Kier alpha value is -1.46. The van der Waals surface area contributed by atoms with Gasteiger partial charge in [0.1, 0.15) is 5.76 Å². The zero-order valence-corrected chi connectivity index (χ0v) is 10.9. The molecule has 0 bridgehead atoms. The number of benzene rings is 1. The number of hydrogen-bond donors (Lipinski definition) is 1. The molecule has 0 aliphatic rings. The van der Waals surface area contributed by atoms with Crippen LogP contribution >= 0.6 is 0 Å². The molecule has 96 valence electrons. The molecule has 0 aliphatic heterocycles. The first-order chi connectivity index (χ1) is 8.70. The highest BCUT2D eigenvalue weighted by molar-refractivity contribution is 7.84. The molecule has 0 spiro atoms. The van der Waals surface area contributed by atoms with Crippen LogP contribution in [0.4, 0.5) is 0 Å². The van der Waals surface area contributed by atoms with E-state index >= 15 is 0 Å². The molecule has 0 saturated carbocycles. The average Bonchev–Trinajstić information content (AvgIpc) is 2.72. The molecule has 2 rings (SSSR count). The van der Waals surface area contributed by atoms with E-state index in [4.69, 9.17) is 9.52 Å². The lowest BCUT2D eigenvalue weighted by Crippen LogP contribution is -2.05. The van der Waals surface area contributed by atoms with Gasteiger partial charge in [-0.3, -0.25) is 4.21 Å². The number of nitrogens with zero attached hydrogens (tertiary/aromatic N) is 1. The Labute approximate surface area is 108 Å². The van der Waals surface area contributed by atoms with E-state index in [1.165, 1.54) is 0 Å². The second-order valence-corrected chi connectivity index (χ2v) is 5.48. The molecule has 5 heteroatoms. The van der Waals surface area contributed by atoms with Crippen LogP contribution in [-0.2, 0) is 16.6 Å². The number of aliphatic hydroxyl groups excluding tert-OH is 1. The summed E-state index contributed by atoms with van der Waals surface area (Å²) in [5.74, 6) is 1.82. The van der Waals surface area contributed by atoms with Gasteiger partial charge in [-0.25, -0.2) is 4.98 Å². The Morgan fingerprint density at radius 2 is 2.06 bits per heavy atom. The van der Waals surface area contributed by atoms with Crippen LogP contribution in [0.5, 0.6) is 0 Å². The average molecular weight is 265 g/mol. The molecule has 1 unspecified atom stereocenters. The summed E-state index contributed by atoms with van der Waals surface area (Å²) in [5.41, 5.74) is 1.60. The summed E-state index contributed by atoms with van der Waals surface area (Å²) >= 11 is 0. The quantitative estimate of drug-likeness (QED) is 0.896. The first-order valence-electron chi connectivity index (χ1n) is 5.68. The van der Waals surface area contributed by atoms with Gasteiger partial charge in [-0.05, 0) is 19.1 Å². The Morgan fingerprint density at radius 1 is 1.33 bits per heavy atom. The lowest BCUT2D eigenvalue weighted by molar-refractivity contribution is 0.321. The number of rotatable bonds is 5. The maximum absolute atomic E-state index is 11.6. The minimum absolute atomic E-state index is 0.0744. The van der Waals surface area contributed by atoms with Crippen LogP contribution in [0.2, 0.25) is 0 Å². The number of aliphatic hydroxyl groups is 1. The fourth-order valence-corrected chi connectivity index (χ4v) is 2.51. The van der Waals surface area contributed by atoms with Crippen molar-refractivity contribution >= 4 is 10.8 Å². The van der Waals surface area contributed by atoms with Crippen LogP contribution in [0.3, 0.4) is 0 Å². The molecule has 0 aliphatic carbocycles. The zero-order valence-electron chi connectivity index (χ0n) is 10.1. The maximum Gasteiger partial charge on any atom is 0.226 e. The van der Waals surface area contributed by atoms with E-state index in [9.17, 15) is 4.21 Å². The van der Waals surface area contributed by atoms with Gasteiger partial charge < -0.3 is 9.52 Å². The van der Waals surface area contributed by atoms with Crippen LogP contribution in [0.1, 0.15) is 11.5 Å². The van der Waals surface area contributed by atoms with Crippen molar-refractivity contribution in [3.8, 4) is 11.5 Å². The highest BCUT2D eigenvalue weighted by Gasteiger charge is 2.13. The van der Waals surface area contributed by atoms with Gasteiger partial charge in [0.25, 0.3) is 0 Å². The van der Waals surface area contributed by atoms with Crippen LogP contribution in [0.25, 0.3) is 11.5 Å². The molecule has 1 atom stereocenters. The molecule has 1 heterocycles. The van der Waals surface area contributed by atoms with Crippen LogP contribution < -0.4 is 0 Å². The molecule has 1 aromatic heterocycles. The Kier molecular flexibility index (Phi) is 4.28. The van der Waals surface area contributed by atoms with Gasteiger partial charge in [-0.1, -0.05) is 18.2 Å². The molecular weight excluding hydrogens is 250 g/mol. The molecule has 0 fully saturated rings. The highest BCUT2D eigenvalue weighted by Crippen LogP contribution is 2.22. The third-order valence-corrected chi connectivity index (χ3v) is 3.76. The van der Waals surface area contributed by atoms with E-state index in [-0.39, 0.29) is 12.4 Å². The largest absolute Gasteiger partial charge is 0.441 e. The summed E-state index contributed by atoms with van der Waals surface area (Å²) in [6.45, 7) is 1.74. The monoisotopic (exact) mass is 265 g/mol. The lowest BCUT2D eigenvalue weighted by Gasteiger charge is -1.96. The second kappa shape index (κ2) is 5.93. The number of hydrogen-bond acceptors (Lipinski definition) is 4. The van der Waals surface area contributed by atoms with E-state index in [1.54, 1.807) is 0 Å². The summed E-state index contributed by atoms with van der Waals surface area (Å²) in [6, 6.07) is 9.59. The van der Waals surface area contributed by atoms with Crippen molar-refractivity contribution in [3.63, 3.8) is 0 Å². The molecule has 0 saturated heterocycles.